The summed E-state index contributed by atoms with van der Waals surface area (Å²) in [5, 5.41) is 3.43. The maximum atomic E-state index is 12.3. The number of amides is 1. The van der Waals surface area contributed by atoms with Gasteiger partial charge in [-0.1, -0.05) is 6.07 Å². The van der Waals surface area contributed by atoms with Crippen molar-refractivity contribution in [3.8, 4) is 11.5 Å². The van der Waals surface area contributed by atoms with Gasteiger partial charge in [0.15, 0.2) is 11.5 Å². The number of benzene rings is 1. The van der Waals surface area contributed by atoms with Crippen molar-refractivity contribution in [1.82, 2.24) is 10.2 Å². The lowest BCUT2D eigenvalue weighted by atomic mass is 9.86. The van der Waals surface area contributed by atoms with Gasteiger partial charge < -0.3 is 24.4 Å². The van der Waals surface area contributed by atoms with Gasteiger partial charge in [0.05, 0.1) is 20.8 Å². The number of rotatable bonds is 5. The molecule has 0 radical (unpaired) electrons. The summed E-state index contributed by atoms with van der Waals surface area (Å²) in [5.74, 6) is 2.52. The minimum atomic E-state index is -0.188. The monoisotopic (exact) mass is 334 g/mol. The maximum Gasteiger partial charge on any atom is 0.409 e. The Labute approximate surface area is 143 Å². The number of hydrogen-bond donors (Lipinski definition) is 1. The molecule has 2 heterocycles. The third kappa shape index (κ3) is 3.93. The third-order valence-electron chi connectivity index (χ3n) is 4.81. The Hall–Kier alpha value is -1.95. The number of nitrogens with zero attached hydrogens (tertiary/aromatic N) is 1. The Morgan fingerprint density at radius 3 is 2.54 bits per heavy atom. The zero-order chi connectivity index (χ0) is 16.9. The van der Waals surface area contributed by atoms with Gasteiger partial charge >= 0.3 is 6.09 Å². The Morgan fingerprint density at radius 2 is 1.88 bits per heavy atom. The highest BCUT2D eigenvalue weighted by Gasteiger charge is 2.33. The summed E-state index contributed by atoms with van der Waals surface area (Å²) in [5.41, 5.74) is 1.06. The predicted octanol–water partition coefficient (Wildman–Crippen LogP) is 1.92. The van der Waals surface area contributed by atoms with Crippen molar-refractivity contribution in [2.24, 2.45) is 11.8 Å². The van der Waals surface area contributed by atoms with Crippen LogP contribution in [0.5, 0.6) is 11.5 Å². The summed E-state index contributed by atoms with van der Waals surface area (Å²) in [6.07, 6.45) is 1.70. The van der Waals surface area contributed by atoms with E-state index in [1.54, 1.807) is 14.2 Å². The van der Waals surface area contributed by atoms with Crippen LogP contribution in [0.3, 0.4) is 0 Å². The first-order chi connectivity index (χ1) is 11.7. The molecule has 0 aromatic heterocycles. The van der Waals surface area contributed by atoms with Crippen LogP contribution < -0.4 is 14.8 Å². The molecule has 1 amide bonds. The lowest BCUT2D eigenvalue weighted by Gasteiger charge is -2.41. The van der Waals surface area contributed by atoms with Gasteiger partial charge in [0.25, 0.3) is 0 Å². The van der Waals surface area contributed by atoms with Crippen molar-refractivity contribution in [3.05, 3.63) is 23.8 Å². The lowest BCUT2D eigenvalue weighted by molar-refractivity contribution is 0.0597. The normalized spacial score (nSPS) is 22.8. The Morgan fingerprint density at radius 1 is 1.17 bits per heavy atom. The fourth-order valence-electron chi connectivity index (χ4n) is 3.64. The summed E-state index contributed by atoms with van der Waals surface area (Å²) < 4.78 is 16.0. The molecular weight excluding hydrogens is 308 g/mol. The van der Waals surface area contributed by atoms with E-state index in [1.807, 2.05) is 23.1 Å². The molecule has 2 aliphatic heterocycles. The quantitative estimate of drug-likeness (QED) is 0.891. The summed E-state index contributed by atoms with van der Waals surface area (Å²) >= 11 is 0. The number of hydrogen-bond acceptors (Lipinski definition) is 5. The van der Waals surface area contributed by atoms with Crippen LogP contribution in [0.4, 0.5) is 4.79 Å². The van der Waals surface area contributed by atoms with Gasteiger partial charge in [-0.05, 0) is 49.0 Å². The summed E-state index contributed by atoms with van der Waals surface area (Å²) in [6, 6.07) is 5.75. The topological polar surface area (TPSA) is 60.0 Å². The predicted molar refractivity (Wildman–Crippen MR) is 90.6 cm³/mol. The van der Waals surface area contributed by atoms with Crippen molar-refractivity contribution < 1.29 is 19.0 Å². The summed E-state index contributed by atoms with van der Waals surface area (Å²) in [4.78, 5) is 14.2. The minimum Gasteiger partial charge on any atom is -0.493 e. The number of methoxy groups -OCH3 is 2. The van der Waals surface area contributed by atoms with Crippen molar-refractivity contribution in [1.29, 1.82) is 0 Å². The average molecular weight is 334 g/mol. The molecule has 24 heavy (non-hydrogen) atoms. The van der Waals surface area contributed by atoms with Crippen molar-refractivity contribution >= 4 is 6.09 Å². The Balaban J connectivity index is 1.48. The zero-order valence-electron chi connectivity index (χ0n) is 14.4. The second-order valence-electron chi connectivity index (χ2n) is 6.58. The van der Waals surface area contributed by atoms with Crippen LogP contribution in [-0.2, 0) is 11.2 Å². The van der Waals surface area contributed by atoms with Crippen molar-refractivity contribution in [2.75, 3.05) is 47.0 Å². The largest absolute Gasteiger partial charge is 0.493 e. The number of likely N-dealkylation sites (tertiary alicyclic amines) is 1. The van der Waals surface area contributed by atoms with Crippen LogP contribution in [0, 0.1) is 11.8 Å². The van der Waals surface area contributed by atoms with Crippen LogP contribution in [0.15, 0.2) is 18.2 Å². The molecule has 2 aliphatic rings. The third-order valence-corrected chi connectivity index (χ3v) is 4.81. The molecule has 2 fully saturated rings. The van der Waals surface area contributed by atoms with Crippen LogP contribution >= 0.6 is 0 Å². The second kappa shape index (κ2) is 7.75. The molecule has 0 aliphatic carbocycles. The first-order valence-electron chi connectivity index (χ1n) is 8.53. The zero-order valence-corrected chi connectivity index (χ0v) is 14.4. The molecule has 2 bridgehead atoms. The number of fused-ring (bicyclic) bond motifs is 2. The van der Waals surface area contributed by atoms with Crippen LogP contribution in [0.1, 0.15) is 12.0 Å². The lowest BCUT2D eigenvalue weighted by Crippen LogP contribution is -2.52. The highest BCUT2D eigenvalue weighted by atomic mass is 16.6. The standard InChI is InChI=1S/C18H26N2O4/c1-22-16-4-3-13(8-17(16)23-2)5-6-24-18(21)20-11-14-7-15(12-20)10-19-9-14/h3-4,8,14-15,19H,5-7,9-12H2,1-2H3. The van der Waals surface area contributed by atoms with E-state index in [4.69, 9.17) is 14.2 Å². The minimum absolute atomic E-state index is 0.188. The van der Waals surface area contributed by atoms with Gasteiger partial charge in [-0.2, -0.15) is 0 Å². The number of carbonyl (C=O) groups is 1. The van der Waals surface area contributed by atoms with Crippen LogP contribution in [0.25, 0.3) is 0 Å². The fraction of sp³-hybridized carbons (Fsp3) is 0.611. The van der Waals surface area contributed by atoms with Gasteiger partial charge in [-0.3, -0.25) is 0 Å². The number of nitrogens with one attached hydrogen (secondary N) is 1. The maximum absolute atomic E-state index is 12.3. The smallest absolute Gasteiger partial charge is 0.409 e. The average Bonchev–Trinajstić information content (AvgIpc) is 2.61. The molecule has 0 saturated carbocycles. The number of carbonyl (C=O) groups excluding carboxylic acids is 1. The highest BCUT2D eigenvalue weighted by molar-refractivity contribution is 5.67. The fourth-order valence-corrected chi connectivity index (χ4v) is 3.64. The van der Waals surface area contributed by atoms with E-state index in [2.05, 4.69) is 5.32 Å². The Kier molecular flexibility index (Phi) is 5.45. The van der Waals surface area contributed by atoms with E-state index in [0.717, 1.165) is 31.7 Å². The van der Waals surface area contributed by atoms with Gasteiger partial charge in [0.2, 0.25) is 0 Å². The van der Waals surface area contributed by atoms with E-state index in [1.165, 1.54) is 6.42 Å². The molecule has 3 rings (SSSR count). The van der Waals surface area contributed by atoms with Gasteiger partial charge in [-0.25, -0.2) is 4.79 Å². The van der Waals surface area contributed by atoms with Gasteiger partial charge in [-0.15, -0.1) is 0 Å². The molecule has 1 aromatic rings. The highest BCUT2D eigenvalue weighted by Crippen LogP contribution is 2.28. The molecule has 2 saturated heterocycles. The number of piperidine rings is 2. The molecular formula is C18H26N2O4. The van der Waals surface area contributed by atoms with Gasteiger partial charge in [0.1, 0.15) is 0 Å². The summed E-state index contributed by atoms with van der Waals surface area (Å²) in [7, 11) is 3.23. The first-order valence-corrected chi connectivity index (χ1v) is 8.53. The molecule has 6 nitrogen and oxygen atoms in total. The second-order valence-corrected chi connectivity index (χ2v) is 6.58. The first kappa shape index (κ1) is 16.9. The Bertz CT molecular complexity index is 566. The number of ether oxygens (including phenoxy) is 3. The molecule has 2 unspecified atom stereocenters. The molecule has 1 aromatic carbocycles. The SMILES string of the molecule is COc1ccc(CCOC(=O)N2CC3CNCC(C3)C2)cc1OC. The molecule has 0 spiro atoms. The van der Waals surface area contributed by atoms with Crippen LogP contribution in [-0.4, -0.2) is 58.0 Å². The van der Waals surface area contributed by atoms with E-state index in [0.29, 0.717) is 36.4 Å². The molecule has 6 heteroatoms. The van der Waals surface area contributed by atoms with Gasteiger partial charge in [0, 0.05) is 19.5 Å². The molecule has 1 N–H and O–H groups in total. The van der Waals surface area contributed by atoms with E-state index >= 15 is 0 Å². The van der Waals surface area contributed by atoms with Crippen molar-refractivity contribution in [2.45, 2.75) is 12.8 Å². The summed E-state index contributed by atoms with van der Waals surface area (Å²) in [6.45, 7) is 3.99. The van der Waals surface area contributed by atoms with Crippen molar-refractivity contribution in [3.63, 3.8) is 0 Å². The van der Waals surface area contributed by atoms with E-state index < -0.39 is 0 Å². The van der Waals surface area contributed by atoms with E-state index in [9.17, 15) is 4.79 Å². The molecule has 132 valence electrons. The van der Waals surface area contributed by atoms with Crippen LogP contribution in [0.2, 0.25) is 0 Å². The molecule has 2 atom stereocenters. The van der Waals surface area contributed by atoms with E-state index in [-0.39, 0.29) is 6.09 Å².